The Balaban J connectivity index is 2.15. The molecule has 1 aliphatic rings. The van der Waals surface area contributed by atoms with Gasteiger partial charge in [0.15, 0.2) is 11.4 Å². The molecular weight excluding hydrogens is 361 g/mol. The number of ether oxygens (including phenoxy) is 1. The molecule has 28 heavy (non-hydrogen) atoms. The van der Waals surface area contributed by atoms with Gasteiger partial charge in [-0.2, -0.15) is 0 Å². The summed E-state index contributed by atoms with van der Waals surface area (Å²) in [6.45, 7) is 5.04. The quantitative estimate of drug-likeness (QED) is 0.714. The van der Waals surface area contributed by atoms with Gasteiger partial charge in [0.2, 0.25) is 5.43 Å². The lowest BCUT2D eigenvalue weighted by Gasteiger charge is -2.43. The third kappa shape index (κ3) is 3.63. The van der Waals surface area contributed by atoms with Gasteiger partial charge in [-0.05, 0) is 26.2 Å². The van der Waals surface area contributed by atoms with Crippen molar-refractivity contribution in [3.05, 3.63) is 63.6 Å². The number of aliphatic hydroxyl groups excluding tert-OH is 1. The second-order valence-corrected chi connectivity index (χ2v) is 7.00. The topological polar surface area (TPSA) is 95.2 Å². The summed E-state index contributed by atoms with van der Waals surface area (Å²) in [4.78, 5) is 28.9. The van der Waals surface area contributed by atoms with Crippen LogP contribution < -0.4 is 15.1 Å². The normalized spacial score (nSPS) is 13.7. The summed E-state index contributed by atoms with van der Waals surface area (Å²) in [7, 11) is -0.956. The van der Waals surface area contributed by atoms with E-state index in [-0.39, 0.29) is 42.4 Å². The molecule has 2 N–H and O–H groups in total. The van der Waals surface area contributed by atoms with Gasteiger partial charge in [0.05, 0.1) is 19.0 Å². The van der Waals surface area contributed by atoms with Crippen molar-refractivity contribution < 1.29 is 19.7 Å². The van der Waals surface area contributed by atoms with Gasteiger partial charge in [-0.3, -0.25) is 14.3 Å². The van der Waals surface area contributed by atoms with Crippen LogP contribution in [0.25, 0.3) is 0 Å². The van der Waals surface area contributed by atoms with Crippen LogP contribution in [0.3, 0.4) is 0 Å². The fraction of sp³-hybridized carbons (Fsp3) is 0.368. The Hall–Kier alpha value is -2.78. The number of hydrogen-bond acceptors (Lipinski definition) is 6. The van der Waals surface area contributed by atoms with Gasteiger partial charge >= 0.3 is 7.05 Å². The lowest BCUT2D eigenvalue weighted by Crippen LogP contribution is -2.61. The highest BCUT2D eigenvalue weighted by molar-refractivity contribution is 6.51. The monoisotopic (exact) mass is 385 g/mol. The second-order valence-electron chi connectivity index (χ2n) is 7.00. The van der Waals surface area contributed by atoms with Crippen LogP contribution in [0.1, 0.15) is 35.6 Å². The average Bonchev–Trinajstić information content (AvgIpc) is 2.67. The molecule has 1 aromatic heterocycles. The molecule has 0 spiro atoms. The molecule has 3 rings (SSSR count). The SMILES string of the molecule is CB(O)N1CN(C(C)C)C(=O)c2c(OCc3ccccc3)c(=O)cc(CO)n21. The number of benzene rings is 1. The Labute approximate surface area is 163 Å². The number of rotatable bonds is 6. The Bertz CT molecular complexity index is 914. The first-order valence-electron chi connectivity index (χ1n) is 9.17. The van der Waals surface area contributed by atoms with Crippen molar-refractivity contribution >= 4 is 13.0 Å². The van der Waals surface area contributed by atoms with Crippen LogP contribution in [0.4, 0.5) is 0 Å². The molecule has 8 nitrogen and oxygen atoms in total. The van der Waals surface area contributed by atoms with Gasteiger partial charge < -0.3 is 24.7 Å². The van der Waals surface area contributed by atoms with Gasteiger partial charge in [0, 0.05) is 12.1 Å². The minimum Gasteiger partial charge on any atom is -0.482 e. The number of amides is 1. The Morgan fingerprint density at radius 3 is 2.46 bits per heavy atom. The van der Waals surface area contributed by atoms with Gasteiger partial charge in [-0.25, -0.2) is 0 Å². The van der Waals surface area contributed by atoms with Crippen molar-refractivity contribution in [3.63, 3.8) is 0 Å². The Morgan fingerprint density at radius 2 is 1.89 bits per heavy atom. The highest BCUT2D eigenvalue weighted by Gasteiger charge is 2.38. The van der Waals surface area contributed by atoms with Crippen molar-refractivity contribution in [2.75, 3.05) is 11.6 Å². The number of aliphatic hydroxyl groups is 1. The van der Waals surface area contributed by atoms with Crippen LogP contribution in [-0.4, -0.2) is 45.4 Å². The summed E-state index contributed by atoms with van der Waals surface area (Å²) in [6.07, 6.45) is 0. The van der Waals surface area contributed by atoms with E-state index < -0.39 is 19.1 Å². The number of hydrogen-bond donors (Lipinski definition) is 2. The van der Waals surface area contributed by atoms with E-state index in [9.17, 15) is 19.7 Å². The molecular formula is C19H24BN3O5. The second kappa shape index (κ2) is 8.08. The third-order valence-corrected chi connectivity index (χ3v) is 4.68. The minimum absolute atomic E-state index is 0.00771. The molecule has 0 saturated heterocycles. The standard InChI is InChI=1S/C19H24BN3O5/c1-13(2)21-12-22(20(3)27)23-15(10-24)9-16(25)18(17(23)19(21)26)28-11-14-7-5-4-6-8-14/h4-9,13,24,27H,10-12H2,1-3H3. The molecule has 1 aromatic carbocycles. The third-order valence-electron chi connectivity index (χ3n) is 4.68. The highest BCUT2D eigenvalue weighted by atomic mass is 16.5. The number of fused-ring (bicyclic) bond motifs is 1. The summed E-state index contributed by atoms with van der Waals surface area (Å²) in [5.41, 5.74) is 0.581. The smallest absolute Gasteiger partial charge is 0.426 e. The van der Waals surface area contributed by atoms with E-state index in [1.165, 1.54) is 20.6 Å². The zero-order chi connectivity index (χ0) is 20.4. The fourth-order valence-electron chi connectivity index (χ4n) is 3.20. The van der Waals surface area contributed by atoms with Gasteiger partial charge in [0.25, 0.3) is 5.91 Å². The maximum atomic E-state index is 13.2. The Morgan fingerprint density at radius 1 is 1.21 bits per heavy atom. The number of carbonyl (C=O) groups is 1. The maximum absolute atomic E-state index is 13.2. The molecule has 0 radical (unpaired) electrons. The first-order valence-corrected chi connectivity index (χ1v) is 9.17. The van der Waals surface area contributed by atoms with Crippen LogP contribution in [0.2, 0.25) is 6.82 Å². The van der Waals surface area contributed by atoms with Crippen LogP contribution >= 0.6 is 0 Å². The van der Waals surface area contributed by atoms with E-state index in [0.717, 1.165) is 5.56 Å². The lowest BCUT2D eigenvalue weighted by atomic mass is 9.87. The molecule has 0 atom stereocenters. The molecule has 0 aliphatic carbocycles. The fourth-order valence-corrected chi connectivity index (χ4v) is 3.20. The summed E-state index contributed by atoms with van der Waals surface area (Å²) < 4.78 is 7.17. The Kier molecular flexibility index (Phi) is 5.76. The van der Waals surface area contributed by atoms with E-state index >= 15 is 0 Å². The van der Waals surface area contributed by atoms with Gasteiger partial charge in [-0.15, -0.1) is 0 Å². The molecule has 0 fully saturated rings. The molecule has 148 valence electrons. The summed E-state index contributed by atoms with van der Waals surface area (Å²) in [5.74, 6) is -0.482. The maximum Gasteiger partial charge on any atom is 0.426 e. The van der Waals surface area contributed by atoms with E-state index in [2.05, 4.69) is 0 Å². The number of aromatic nitrogens is 1. The van der Waals surface area contributed by atoms with Crippen LogP contribution in [-0.2, 0) is 13.2 Å². The van der Waals surface area contributed by atoms with Crippen LogP contribution in [0.5, 0.6) is 5.75 Å². The molecule has 9 heteroatoms. The first kappa shape index (κ1) is 20.0. The number of pyridine rings is 1. The van der Waals surface area contributed by atoms with E-state index in [4.69, 9.17) is 4.74 Å². The van der Waals surface area contributed by atoms with Crippen molar-refractivity contribution in [1.82, 2.24) is 9.58 Å². The van der Waals surface area contributed by atoms with E-state index in [1.807, 2.05) is 44.2 Å². The molecule has 0 saturated carbocycles. The summed E-state index contributed by atoms with van der Waals surface area (Å²) in [5, 5.41) is 20.0. The molecule has 1 amide bonds. The first-order chi connectivity index (χ1) is 13.3. The molecule has 1 aliphatic heterocycles. The summed E-state index contributed by atoms with van der Waals surface area (Å²) in [6, 6.07) is 10.4. The summed E-state index contributed by atoms with van der Waals surface area (Å²) >= 11 is 0. The van der Waals surface area contributed by atoms with Crippen molar-refractivity contribution in [2.45, 2.75) is 39.9 Å². The zero-order valence-electron chi connectivity index (χ0n) is 16.2. The van der Waals surface area contributed by atoms with Gasteiger partial charge in [0.1, 0.15) is 6.61 Å². The molecule has 0 unspecified atom stereocenters. The molecule has 2 aromatic rings. The predicted molar refractivity (Wildman–Crippen MR) is 106 cm³/mol. The predicted octanol–water partition coefficient (Wildman–Crippen LogP) is 0.790. The van der Waals surface area contributed by atoms with Gasteiger partial charge in [-0.1, -0.05) is 30.3 Å². The average molecular weight is 385 g/mol. The van der Waals surface area contributed by atoms with E-state index in [1.54, 1.807) is 6.82 Å². The van der Waals surface area contributed by atoms with Crippen molar-refractivity contribution in [3.8, 4) is 5.75 Å². The highest BCUT2D eigenvalue weighted by Crippen LogP contribution is 2.25. The van der Waals surface area contributed by atoms with Crippen molar-refractivity contribution in [2.24, 2.45) is 0 Å². The largest absolute Gasteiger partial charge is 0.482 e. The molecule has 0 bridgehead atoms. The number of carbonyl (C=O) groups excluding carboxylic acids is 1. The van der Waals surface area contributed by atoms with Crippen molar-refractivity contribution in [1.29, 1.82) is 0 Å². The lowest BCUT2D eigenvalue weighted by molar-refractivity contribution is 0.0640. The zero-order valence-corrected chi connectivity index (χ0v) is 16.2. The number of nitrogens with zero attached hydrogens (tertiary/aromatic N) is 3. The van der Waals surface area contributed by atoms with Crippen LogP contribution in [0.15, 0.2) is 41.2 Å². The van der Waals surface area contributed by atoms with Crippen LogP contribution in [0, 0.1) is 0 Å². The molecule has 2 heterocycles. The minimum atomic E-state index is -0.956. The van der Waals surface area contributed by atoms with E-state index in [0.29, 0.717) is 0 Å².